The fraction of sp³-hybridized carbons (Fsp3) is 0.400. The molecular weight excluding hydrogens is 228 g/mol. The Hall–Kier alpha value is -1.77. The van der Waals surface area contributed by atoms with Crippen LogP contribution in [0.15, 0.2) is 30.3 Å². The van der Waals surface area contributed by atoms with Crippen LogP contribution in [0.3, 0.4) is 0 Å². The van der Waals surface area contributed by atoms with Gasteiger partial charge in [-0.15, -0.1) is 0 Å². The summed E-state index contributed by atoms with van der Waals surface area (Å²) in [5.74, 6) is -0.108. The number of carboxylic acid groups (broad SMARTS) is 1. The fourth-order valence-electron chi connectivity index (χ4n) is 2.23. The standard InChI is InChI=1S/C15H18O3/c16-15(17)10-9-12-5-4-8-14(11-12)18-13-6-2-1-3-7-13/h4-5,8-11,13H,1-3,6-7H2,(H,16,17)/b10-9+. The maximum absolute atomic E-state index is 10.5. The van der Waals surface area contributed by atoms with Crippen molar-refractivity contribution in [1.29, 1.82) is 0 Å². The minimum atomic E-state index is -0.936. The van der Waals surface area contributed by atoms with E-state index in [0.717, 1.165) is 30.2 Å². The Morgan fingerprint density at radius 2 is 2.06 bits per heavy atom. The van der Waals surface area contributed by atoms with Crippen LogP contribution in [0.25, 0.3) is 6.08 Å². The third-order valence-electron chi connectivity index (χ3n) is 3.13. The van der Waals surface area contributed by atoms with Crippen molar-refractivity contribution in [3.8, 4) is 5.75 Å². The Labute approximate surface area is 107 Å². The molecule has 3 heteroatoms. The van der Waals surface area contributed by atoms with Crippen LogP contribution in [0.1, 0.15) is 37.7 Å². The highest BCUT2D eigenvalue weighted by Crippen LogP contribution is 2.24. The lowest BCUT2D eigenvalue weighted by Gasteiger charge is -2.23. The highest BCUT2D eigenvalue weighted by atomic mass is 16.5. The number of carboxylic acids is 1. The van der Waals surface area contributed by atoms with Crippen LogP contribution < -0.4 is 4.74 Å². The zero-order valence-electron chi connectivity index (χ0n) is 10.3. The molecule has 0 atom stereocenters. The number of hydrogen-bond donors (Lipinski definition) is 1. The van der Waals surface area contributed by atoms with Crippen molar-refractivity contribution >= 4 is 12.0 Å². The summed E-state index contributed by atoms with van der Waals surface area (Å²) in [7, 11) is 0. The van der Waals surface area contributed by atoms with Crippen LogP contribution in [-0.4, -0.2) is 17.2 Å². The van der Waals surface area contributed by atoms with E-state index in [2.05, 4.69) is 0 Å². The molecule has 0 unspecified atom stereocenters. The van der Waals surface area contributed by atoms with E-state index in [0.29, 0.717) is 6.10 Å². The minimum Gasteiger partial charge on any atom is -0.490 e. The average Bonchev–Trinajstić information content (AvgIpc) is 2.38. The summed E-state index contributed by atoms with van der Waals surface area (Å²) in [6.45, 7) is 0. The summed E-state index contributed by atoms with van der Waals surface area (Å²) in [6, 6.07) is 7.56. The fourth-order valence-corrected chi connectivity index (χ4v) is 2.23. The van der Waals surface area contributed by atoms with E-state index in [-0.39, 0.29) is 0 Å². The van der Waals surface area contributed by atoms with Gasteiger partial charge >= 0.3 is 5.97 Å². The molecule has 96 valence electrons. The Morgan fingerprint density at radius 1 is 1.28 bits per heavy atom. The maximum Gasteiger partial charge on any atom is 0.328 e. The molecule has 18 heavy (non-hydrogen) atoms. The van der Waals surface area contributed by atoms with Crippen molar-refractivity contribution in [3.63, 3.8) is 0 Å². The number of ether oxygens (including phenoxy) is 1. The first-order chi connectivity index (χ1) is 8.74. The number of hydrogen-bond acceptors (Lipinski definition) is 2. The summed E-state index contributed by atoms with van der Waals surface area (Å²) < 4.78 is 5.92. The SMILES string of the molecule is O=C(O)/C=C/c1cccc(OC2CCCCC2)c1. The van der Waals surface area contributed by atoms with Gasteiger partial charge in [0.05, 0.1) is 6.10 Å². The number of rotatable bonds is 4. The van der Waals surface area contributed by atoms with E-state index in [1.807, 2.05) is 24.3 Å². The van der Waals surface area contributed by atoms with Crippen molar-refractivity contribution < 1.29 is 14.6 Å². The van der Waals surface area contributed by atoms with E-state index in [1.54, 1.807) is 6.08 Å². The monoisotopic (exact) mass is 246 g/mol. The van der Waals surface area contributed by atoms with E-state index < -0.39 is 5.97 Å². The maximum atomic E-state index is 10.5. The highest BCUT2D eigenvalue weighted by molar-refractivity contribution is 5.85. The van der Waals surface area contributed by atoms with Gasteiger partial charge in [0.15, 0.2) is 0 Å². The lowest BCUT2D eigenvalue weighted by molar-refractivity contribution is -0.131. The molecule has 1 N–H and O–H groups in total. The van der Waals surface area contributed by atoms with E-state index in [1.165, 1.54) is 19.3 Å². The van der Waals surface area contributed by atoms with Crippen molar-refractivity contribution in [1.82, 2.24) is 0 Å². The highest BCUT2D eigenvalue weighted by Gasteiger charge is 2.14. The number of benzene rings is 1. The van der Waals surface area contributed by atoms with Crippen molar-refractivity contribution in [2.24, 2.45) is 0 Å². The number of aliphatic carboxylic acids is 1. The molecular formula is C15H18O3. The van der Waals surface area contributed by atoms with Crippen molar-refractivity contribution in [2.45, 2.75) is 38.2 Å². The lowest BCUT2D eigenvalue weighted by Crippen LogP contribution is -2.19. The molecule has 0 heterocycles. The van der Waals surface area contributed by atoms with Gasteiger partial charge in [-0.25, -0.2) is 4.79 Å². The normalized spacial score (nSPS) is 16.9. The first kappa shape index (κ1) is 12.7. The molecule has 0 saturated heterocycles. The third kappa shape index (κ3) is 3.91. The largest absolute Gasteiger partial charge is 0.490 e. The van der Waals surface area contributed by atoms with Crippen LogP contribution >= 0.6 is 0 Å². The average molecular weight is 246 g/mol. The van der Waals surface area contributed by atoms with Crippen LogP contribution in [0.4, 0.5) is 0 Å². The summed E-state index contributed by atoms with van der Waals surface area (Å²) in [4.78, 5) is 10.5. The van der Waals surface area contributed by atoms with Crippen molar-refractivity contribution in [3.05, 3.63) is 35.9 Å². The van der Waals surface area contributed by atoms with Crippen LogP contribution in [0.2, 0.25) is 0 Å². The molecule has 1 aromatic carbocycles. The topological polar surface area (TPSA) is 46.5 Å². The molecule has 0 amide bonds. The van der Waals surface area contributed by atoms with Crippen LogP contribution in [0, 0.1) is 0 Å². The van der Waals surface area contributed by atoms with Gasteiger partial charge in [0.1, 0.15) is 5.75 Å². The van der Waals surface area contributed by atoms with Gasteiger partial charge in [-0.3, -0.25) is 0 Å². The molecule has 2 rings (SSSR count). The quantitative estimate of drug-likeness (QED) is 0.827. The summed E-state index contributed by atoms with van der Waals surface area (Å²) in [5.41, 5.74) is 0.853. The molecule has 1 aliphatic carbocycles. The molecule has 1 aromatic rings. The van der Waals surface area contributed by atoms with Gasteiger partial charge in [0.25, 0.3) is 0 Å². The van der Waals surface area contributed by atoms with Gasteiger partial charge in [0.2, 0.25) is 0 Å². The molecule has 0 bridgehead atoms. The molecule has 1 saturated carbocycles. The Morgan fingerprint density at radius 3 is 2.78 bits per heavy atom. The molecule has 0 aromatic heterocycles. The molecule has 0 spiro atoms. The summed E-state index contributed by atoms with van der Waals surface area (Å²) >= 11 is 0. The first-order valence-electron chi connectivity index (χ1n) is 6.42. The smallest absolute Gasteiger partial charge is 0.328 e. The molecule has 3 nitrogen and oxygen atoms in total. The molecule has 1 aliphatic rings. The van der Waals surface area contributed by atoms with E-state index in [9.17, 15) is 4.79 Å². The van der Waals surface area contributed by atoms with E-state index in [4.69, 9.17) is 9.84 Å². The molecule has 0 radical (unpaired) electrons. The minimum absolute atomic E-state index is 0.317. The zero-order chi connectivity index (χ0) is 12.8. The van der Waals surface area contributed by atoms with Crippen LogP contribution in [0.5, 0.6) is 5.75 Å². The Kier molecular flexibility index (Phi) is 4.40. The number of carbonyl (C=O) groups is 1. The van der Waals surface area contributed by atoms with E-state index >= 15 is 0 Å². The zero-order valence-corrected chi connectivity index (χ0v) is 10.3. The van der Waals surface area contributed by atoms with Crippen LogP contribution in [-0.2, 0) is 4.79 Å². The van der Waals surface area contributed by atoms with Gasteiger partial charge < -0.3 is 9.84 Å². The summed E-state index contributed by atoms with van der Waals surface area (Å²) in [5, 5.41) is 8.59. The van der Waals surface area contributed by atoms with Crippen molar-refractivity contribution in [2.75, 3.05) is 0 Å². The Balaban J connectivity index is 2.00. The van der Waals surface area contributed by atoms with Gasteiger partial charge in [-0.05, 0) is 49.5 Å². The Bertz CT molecular complexity index is 431. The predicted molar refractivity (Wildman–Crippen MR) is 70.6 cm³/mol. The molecule has 0 aliphatic heterocycles. The first-order valence-corrected chi connectivity index (χ1v) is 6.42. The lowest BCUT2D eigenvalue weighted by atomic mass is 9.98. The van der Waals surface area contributed by atoms with Gasteiger partial charge in [-0.2, -0.15) is 0 Å². The predicted octanol–water partition coefficient (Wildman–Crippen LogP) is 3.50. The second-order valence-corrected chi connectivity index (χ2v) is 4.62. The molecule has 1 fully saturated rings. The summed E-state index contributed by atoms with van der Waals surface area (Å²) in [6.07, 6.45) is 9.06. The van der Waals surface area contributed by atoms with Gasteiger partial charge in [-0.1, -0.05) is 18.6 Å². The second-order valence-electron chi connectivity index (χ2n) is 4.62. The van der Waals surface area contributed by atoms with Gasteiger partial charge in [0, 0.05) is 6.08 Å². The third-order valence-corrected chi connectivity index (χ3v) is 3.13. The second kappa shape index (κ2) is 6.24.